The van der Waals surface area contributed by atoms with Crippen molar-refractivity contribution < 1.29 is 19.1 Å². The topological polar surface area (TPSA) is 52.6 Å². The van der Waals surface area contributed by atoms with Gasteiger partial charge in [-0.05, 0) is 38.5 Å². The molecule has 0 aliphatic carbocycles. The van der Waals surface area contributed by atoms with Crippen LogP contribution in [0.4, 0.5) is 0 Å². The Morgan fingerprint density at radius 3 is 1.09 bits per heavy atom. The molecule has 0 heterocycles. The van der Waals surface area contributed by atoms with Crippen molar-refractivity contribution in [3.05, 3.63) is 60.8 Å². The Kier molecular flexibility index (Phi) is 25.0. The maximum atomic E-state index is 11.0. The molecule has 0 unspecified atom stereocenters. The molecule has 192 valence electrons. The molecule has 0 bridgehead atoms. The number of hydrogen-bond acceptors (Lipinski definition) is 4. The summed E-state index contributed by atoms with van der Waals surface area (Å²) in [5, 5.41) is 0. The second-order valence-electron chi connectivity index (χ2n) is 8.48. The van der Waals surface area contributed by atoms with Gasteiger partial charge in [0.2, 0.25) is 0 Å². The first-order valence-electron chi connectivity index (χ1n) is 13.2. The van der Waals surface area contributed by atoms with Crippen LogP contribution < -0.4 is 0 Å². The van der Waals surface area contributed by atoms with E-state index in [9.17, 15) is 9.59 Å². The molecule has 0 atom stereocenters. The Bertz CT molecular complexity index is 572. The summed E-state index contributed by atoms with van der Waals surface area (Å²) in [6.07, 6.45) is 38.3. The zero-order chi connectivity index (χ0) is 25.0. The van der Waals surface area contributed by atoms with Crippen LogP contribution in [0.3, 0.4) is 0 Å². The number of carbonyl (C=O) groups excluding carboxylic acids is 2. The fourth-order valence-corrected chi connectivity index (χ4v) is 3.42. The van der Waals surface area contributed by atoms with Crippen molar-refractivity contribution in [1.29, 1.82) is 0 Å². The highest BCUT2D eigenvalue weighted by atomic mass is 16.5. The lowest BCUT2D eigenvalue weighted by Gasteiger charge is -2.00. The largest absolute Gasteiger partial charge is 0.469 e. The summed E-state index contributed by atoms with van der Waals surface area (Å²) in [4.78, 5) is 22.0. The molecule has 0 N–H and O–H groups in total. The first-order valence-corrected chi connectivity index (χ1v) is 13.2. The maximum absolute atomic E-state index is 11.0. The van der Waals surface area contributed by atoms with Crippen molar-refractivity contribution in [3.63, 3.8) is 0 Å². The van der Waals surface area contributed by atoms with Gasteiger partial charge in [-0.25, -0.2) is 0 Å². The Hall–Kier alpha value is -2.36. The van der Waals surface area contributed by atoms with E-state index in [1.165, 1.54) is 65.6 Å². The predicted molar refractivity (Wildman–Crippen MR) is 144 cm³/mol. The normalized spacial score (nSPS) is 12.2. The number of ether oxygens (including phenoxy) is 2. The van der Waals surface area contributed by atoms with Crippen LogP contribution in [0.2, 0.25) is 0 Å². The first kappa shape index (κ1) is 31.6. The van der Waals surface area contributed by atoms with Gasteiger partial charge >= 0.3 is 11.9 Å². The molecule has 0 radical (unpaired) electrons. The van der Waals surface area contributed by atoms with Gasteiger partial charge in [0.15, 0.2) is 0 Å². The standard InChI is InChI=1S/C30H48O4/c1-33-29(31)27-25-23-21-19-17-15-13-11-9-7-5-3-4-6-8-10-12-14-16-18-20-22-24-26-28-30(32)34-2/h3-12H,13-28H2,1-2H3/b4-3+,7-5+,8-6+,11-9+,12-10+. The third kappa shape index (κ3) is 25.9. The molecule has 4 heteroatoms. The molecule has 0 rings (SSSR count). The van der Waals surface area contributed by atoms with E-state index in [1.54, 1.807) is 0 Å². The van der Waals surface area contributed by atoms with Gasteiger partial charge in [-0.3, -0.25) is 9.59 Å². The van der Waals surface area contributed by atoms with E-state index in [0.717, 1.165) is 38.5 Å². The van der Waals surface area contributed by atoms with Crippen LogP contribution in [-0.4, -0.2) is 26.2 Å². The zero-order valence-electron chi connectivity index (χ0n) is 21.7. The molecule has 0 aliphatic rings. The summed E-state index contributed by atoms with van der Waals surface area (Å²) in [5.74, 6) is -0.193. The summed E-state index contributed by atoms with van der Waals surface area (Å²) in [5.41, 5.74) is 0. The third-order valence-corrected chi connectivity index (χ3v) is 5.51. The molecule has 0 fully saturated rings. The highest BCUT2D eigenvalue weighted by Crippen LogP contribution is 2.10. The highest BCUT2D eigenvalue weighted by molar-refractivity contribution is 5.69. The minimum Gasteiger partial charge on any atom is -0.469 e. The molecular weight excluding hydrogens is 424 g/mol. The average molecular weight is 473 g/mol. The van der Waals surface area contributed by atoms with E-state index in [1.807, 2.05) is 12.2 Å². The zero-order valence-corrected chi connectivity index (χ0v) is 21.7. The molecule has 0 spiro atoms. The third-order valence-electron chi connectivity index (χ3n) is 5.51. The van der Waals surface area contributed by atoms with Crippen molar-refractivity contribution in [3.8, 4) is 0 Å². The molecule has 0 amide bonds. The summed E-state index contributed by atoms with van der Waals surface area (Å²) < 4.78 is 9.28. The lowest BCUT2D eigenvalue weighted by Crippen LogP contribution is -1.99. The van der Waals surface area contributed by atoms with E-state index in [2.05, 4.69) is 58.1 Å². The first-order chi connectivity index (χ1) is 16.7. The number of methoxy groups -OCH3 is 2. The lowest BCUT2D eigenvalue weighted by molar-refractivity contribution is -0.141. The van der Waals surface area contributed by atoms with Crippen molar-refractivity contribution >= 4 is 11.9 Å². The van der Waals surface area contributed by atoms with Gasteiger partial charge in [0.25, 0.3) is 0 Å². The quantitative estimate of drug-likeness (QED) is 0.0902. The van der Waals surface area contributed by atoms with Gasteiger partial charge in [0, 0.05) is 12.8 Å². The molecule has 0 saturated carbocycles. The van der Waals surface area contributed by atoms with Gasteiger partial charge in [0.1, 0.15) is 0 Å². The minimum atomic E-state index is -0.0964. The molecule has 0 saturated heterocycles. The SMILES string of the molecule is COC(=O)CCCCCCCC/C=C/C=C/C=C/C=C/C=C/CCCCCCCCC(=O)OC. The minimum absolute atomic E-state index is 0.0964. The van der Waals surface area contributed by atoms with E-state index in [-0.39, 0.29) is 11.9 Å². The predicted octanol–water partition coefficient (Wildman–Crippen LogP) is 8.36. The maximum Gasteiger partial charge on any atom is 0.305 e. The van der Waals surface area contributed by atoms with Crippen LogP contribution in [0.5, 0.6) is 0 Å². The van der Waals surface area contributed by atoms with Crippen LogP contribution in [0, 0.1) is 0 Å². The molecule has 0 aromatic carbocycles. The Balaban J connectivity index is 3.46. The van der Waals surface area contributed by atoms with Crippen molar-refractivity contribution in [2.75, 3.05) is 14.2 Å². The smallest absolute Gasteiger partial charge is 0.305 e. The second kappa shape index (κ2) is 26.9. The number of rotatable bonds is 22. The van der Waals surface area contributed by atoms with Crippen LogP contribution in [0.15, 0.2) is 60.8 Å². The highest BCUT2D eigenvalue weighted by Gasteiger charge is 1.99. The van der Waals surface area contributed by atoms with Gasteiger partial charge in [-0.2, -0.15) is 0 Å². The van der Waals surface area contributed by atoms with Crippen molar-refractivity contribution in [1.82, 2.24) is 0 Å². The fourth-order valence-electron chi connectivity index (χ4n) is 3.42. The van der Waals surface area contributed by atoms with Gasteiger partial charge < -0.3 is 9.47 Å². The summed E-state index contributed by atoms with van der Waals surface area (Å²) in [6, 6.07) is 0. The summed E-state index contributed by atoms with van der Waals surface area (Å²) in [7, 11) is 2.90. The number of hydrogen-bond donors (Lipinski definition) is 0. The monoisotopic (exact) mass is 472 g/mol. The van der Waals surface area contributed by atoms with Crippen molar-refractivity contribution in [2.45, 2.75) is 103 Å². The molecule has 0 aliphatic heterocycles. The Morgan fingerprint density at radius 2 is 0.735 bits per heavy atom. The van der Waals surface area contributed by atoms with E-state index in [4.69, 9.17) is 0 Å². The Labute approximate surface area is 208 Å². The van der Waals surface area contributed by atoms with Crippen molar-refractivity contribution in [2.24, 2.45) is 0 Å². The average Bonchev–Trinajstić information content (AvgIpc) is 2.85. The summed E-state index contributed by atoms with van der Waals surface area (Å²) >= 11 is 0. The molecule has 0 aromatic heterocycles. The Morgan fingerprint density at radius 1 is 0.441 bits per heavy atom. The van der Waals surface area contributed by atoms with Crippen LogP contribution >= 0.6 is 0 Å². The molecule has 34 heavy (non-hydrogen) atoms. The van der Waals surface area contributed by atoms with Crippen LogP contribution in [-0.2, 0) is 19.1 Å². The number of unbranched alkanes of at least 4 members (excludes halogenated alkanes) is 12. The van der Waals surface area contributed by atoms with E-state index >= 15 is 0 Å². The van der Waals surface area contributed by atoms with E-state index in [0.29, 0.717) is 12.8 Å². The second-order valence-corrected chi connectivity index (χ2v) is 8.48. The number of allylic oxidation sites excluding steroid dienone is 10. The van der Waals surface area contributed by atoms with E-state index < -0.39 is 0 Å². The van der Waals surface area contributed by atoms with Gasteiger partial charge in [-0.1, -0.05) is 112 Å². The van der Waals surface area contributed by atoms with Gasteiger partial charge in [-0.15, -0.1) is 0 Å². The lowest BCUT2D eigenvalue weighted by atomic mass is 10.1. The van der Waals surface area contributed by atoms with Gasteiger partial charge in [0.05, 0.1) is 14.2 Å². The molecule has 4 nitrogen and oxygen atoms in total. The summed E-state index contributed by atoms with van der Waals surface area (Å²) in [6.45, 7) is 0. The fraction of sp³-hybridized carbons (Fsp3) is 0.600. The van der Waals surface area contributed by atoms with Crippen LogP contribution in [0.25, 0.3) is 0 Å². The number of carbonyl (C=O) groups is 2. The molecule has 0 aromatic rings. The van der Waals surface area contributed by atoms with Crippen LogP contribution in [0.1, 0.15) is 103 Å². The molecular formula is C30H48O4. The number of esters is 2.